The second-order valence-corrected chi connectivity index (χ2v) is 7.69. The number of ether oxygens (including phenoxy) is 2. The molecule has 0 aliphatic carbocycles. The molecule has 1 amide bonds. The molecule has 0 fully saturated rings. The summed E-state index contributed by atoms with van der Waals surface area (Å²) in [6, 6.07) is 7.37. The average Bonchev–Trinajstić information content (AvgIpc) is 2.96. The molecule has 1 heterocycles. The Labute approximate surface area is 178 Å². The summed E-state index contributed by atoms with van der Waals surface area (Å²) in [5.41, 5.74) is -1.01. The Bertz CT molecular complexity index is 985. The lowest BCUT2D eigenvalue weighted by molar-refractivity contribution is -0.139. The number of carbonyl (C=O) groups is 3. The number of alkyl carbamates (subject to hydrolysis) is 1. The first-order chi connectivity index (χ1) is 14.5. The van der Waals surface area contributed by atoms with Crippen molar-refractivity contribution >= 4 is 18.0 Å². The van der Waals surface area contributed by atoms with Crippen molar-refractivity contribution in [1.29, 1.82) is 0 Å². The molecule has 1 atom stereocenters. The zero-order chi connectivity index (χ0) is 23.2. The molecule has 10 nitrogen and oxygen atoms in total. The van der Waals surface area contributed by atoms with Gasteiger partial charge in [0.05, 0.1) is 18.7 Å². The van der Waals surface area contributed by atoms with Crippen molar-refractivity contribution in [3.8, 4) is 0 Å². The molecule has 0 radical (unpaired) electrons. The Morgan fingerprint density at radius 2 is 1.84 bits per heavy atom. The Morgan fingerprint density at radius 1 is 1.19 bits per heavy atom. The first-order valence-electron chi connectivity index (χ1n) is 9.68. The van der Waals surface area contributed by atoms with Crippen LogP contribution >= 0.6 is 0 Å². The maximum absolute atomic E-state index is 12.9. The normalized spacial score (nSPS) is 12.1. The van der Waals surface area contributed by atoms with E-state index in [1.54, 1.807) is 52.0 Å². The largest absolute Gasteiger partial charge is 0.480 e. The number of benzene rings is 1. The molecular weight excluding hydrogens is 408 g/mol. The molecule has 0 unspecified atom stereocenters. The molecule has 0 saturated heterocycles. The fourth-order valence-corrected chi connectivity index (χ4v) is 2.70. The first-order valence-corrected chi connectivity index (χ1v) is 9.68. The van der Waals surface area contributed by atoms with Gasteiger partial charge in [0.15, 0.2) is 0 Å². The van der Waals surface area contributed by atoms with Gasteiger partial charge in [-0.05, 0) is 33.3 Å². The van der Waals surface area contributed by atoms with Crippen molar-refractivity contribution in [1.82, 2.24) is 10.1 Å². The molecule has 0 spiro atoms. The maximum atomic E-state index is 12.9. The van der Waals surface area contributed by atoms with Crippen molar-refractivity contribution in [2.75, 3.05) is 6.61 Å². The van der Waals surface area contributed by atoms with Gasteiger partial charge in [0, 0.05) is 6.42 Å². The monoisotopic (exact) mass is 434 g/mol. The number of carboxylic acid groups (broad SMARTS) is 1. The Kier molecular flexibility index (Phi) is 7.62. The molecule has 2 rings (SSSR count). The SMILES string of the molecule is CCOC(=O)c1on(Cc2ccccc2)c(=O)c1C[C@H](NC(=O)OC(C)(C)C)C(=O)O. The third-order valence-corrected chi connectivity index (χ3v) is 3.99. The zero-order valence-electron chi connectivity index (χ0n) is 17.8. The fraction of sp³-hybridized carbons (Fsp3) is 0.429. The predicted molar refractivity (Wildman–Crippen MR) is 109 cm³/mol. The number of nitrogens with one attached hydrogen (secondary N) is 1. The molecule has 0 aliphatic heterocycles. The quantitative estimate of drug-likeness (QED) is 0.603. The molecule has 1 aromatic heterocycles. The summed E-state index contributed by atoms with van der Waals surface area (Å²) in [6.07, 6.45) is -1.46. The van der Waals surface area contributed by atoms with E-state index in [4.69, 9.17) is 14.0 Å². The number of carboxylic acids is 1. The smallest absolute Gasteiger partial charge is 0.408 e. The molecule has 0 bridgehead atoms. The minimum absolute atomic E-state index is 0.0311. The van der Waals surface area contributed by atoms with Crippen molar-refractivity contribution in [2.24, 2.45) is 0 Å². The average molecular weight is 434 g/mol. The molecule has 1 aromatic carbocycles. The van der Waals surface area contributed by atoms with Crippen LogP contribution in [0.2, 0.25) is 0 Å². The number of hydrogen-bond acceptors (Lipinski definition) is 7. The summed E-state index contributed by atoms with van der Waals surface area (Å²) in [7, 11) is 0. The number of aliphatic carboxylic acids is 1. The highest BCUT2D eigenvalue weighted by Crippen LogP contribution is 2.13. The highest BCUT2D eigenvalue weighted by atomic mass is 16.6. The van der Waals surface area contributed by atoms with E-state index in [1.807, 2.05) is 6.07 Å². The van der Waals surface area contributed by atoms with Gasteiger partial charge >= 0.3 is 18.0 Å². The van der Waals surface area contributed by atoms with Crippen molar-refractivity contribution in [3.63, 3.8) is 0 Å². The summed E-state index contributed by atoms with van der Waals surface area (Å²) in [5, 5.41) is 11.7. The molecule has 0 aliphatic rings. The van der Waals surface area contributed by atoms with Gasteiger partial charge in [-0.25, -0.2) is 14.4 Å². The van der Waals surface area contributed by atoms with E-state index in [9.17, 15) is 24.3 Å². The minimum Gasteiger partial charge on any atom is -0.480 e. The van der Waals surface area contributed by atoms with E-state index >= 15 is 0 Å². The van der Waals surface area contributed by atoms with Crippen LogP contribution in [0.25, 0.3) is 0 Å². The summed E-state index contributed by atoms with van der Waals surface area (Å²) >= 11 is 0. The lowest BCUT2D eigenvalue weighted by atomic mass is 10.1. The Morgan fingerprint density at radius 3 is 2.39 bits per heavy atom. The van der Waals surface area contributed by atoms with E-state index in [1.165, 1.54) is 0 Å². The lowest BCUT2D eigenvalue weighted by Crippen LogP contribution is -2.45. The van der Waals surface area contributed by atoms with Crippen LogP contribution in [0.4, 0.5) is 4.79 Å². The highest BCUT2D eigenvalue weighted by Gasteiger charge is 2.31. The van der Waals surface area contributed by atoms with Crippen LogP contribution in [-0.2, 0) is 27.2 Å². The third-order valence-electron chi connectivity index (χ3n) is 3.99. The summed E-state index contributed by atoms with van der Waals surface area (Å²) in [5.74, 6) is -2.71. The van der Waals surface area contributed by atoms with Gasteiger partial charge in [0.2, 0.25) is 5.76 Å². The second-order valence-electron chi connectivity index (χ2n) is 7.69. The number of carbonyl (C=O) groups excluding carboxylic acids is 2. The third kappa shape index (κ3) is 6.73. The van der Waals surface area contributed by atoms with Gasteiger partial charge in [-0.3, -0.25) is 4.79 Å². The van der Waals surface area contributed by atoms with E-state index in [-0.39, 0.29) is 18.7 Å². The number of nitrogens with zero attached hydrogens (tertiary/aromatic N) is 1. The fourth-order valence-electron chi connectivity index (χ4n) is 2.70. The second kappa shape index (κ2) is 9.96. The van der Waals surface area contributed by atoms with Crippen LogP contribution < -0.4 is 10.9 Å². The lowest BCUT2D eigenvalue weighted by Gasteiger charge is -2.21. The first kappa shape index (κ1) is 23.7. The van der Waals surface area contributed by atoms with Crippen molar-refractivity contribution in [3.05, 3.63) is 57.6 Å². The van der Waals surface area contributed by atoms with Crippen LogP contribution in [0.1, 0.15) is 49.4 Å². The van der Waals surface area contributed by atoms with E-state index in [0.717, 1.165) is 10.3 Å². The van der Waals surface area contributed by atoms with Crippen molar-refractivity contribution in [2.45, 2.75) is 52.3 Å². The molecule has 168 valence electrons. The molecular formula is C21H26N2O8. The number of aromatic nitrogens is 1. The standard InChI is InChI=1S/C21H26N2O8/c1-5-29-19(27)16-14(11-15(18(25)26)22-20(28)30-21(2,3)4)17(24)23(31-16)12-13-9-7-6-8-10-13/h6-10,15H,5,11-12H2,1-4H3,(H,22,28)(H,25,26)/t15-/m0/s1. The van der Waals surface area contributed by atoms with Gasteiger partial charge in [0.1, 0.15) is 11.6 Å². The number of rotatable bonds is 8. The minimum atomic E-state index is -1.53. The number of amides is 1. The van der Waals surface area contributed by atoms with Crippen LogP contribution in [-0.4, -0.2) is 46.1 Å². The Balaban J connectivity index is 2.37. The van der Waals surface area contributed by atoms with Gasteiger partial charge in [-0.15, -0.1) is 0 Å². The number of esters is 1. The summed E-state index contributed by atoms with van der Waals surface area (Å²) in [4.78, 5) is 48.9. The van der Waals surface area contributed by atoms with E-state index in [2.05, 4.69) is 5.32 Å². The van der Waals surface area contributed by atoms with Gasteiger partial charge in [-0.1, -0.05) is 30.3 Å². The highest BCUT2D eigenvalue weighted by molar-refractivity contribution is 5.88. The Hall–Kier alpha value is -3.56. The molecule has 31 heavy (non-hydrogen) atoms. The van der Waals surface area contributed by atoms with Crippen LogP contribution in [0.3, 0.4) is 0 Å². The maximum Gasteiger partial charge on any atom is 0.408 e. The van der Waals surface area contributed by atoms with Gasteiger partial charge in [-0.2, -0.15) is 4.74 Å². The topological polar surface area (TPSA) is 137 Å². The predicted octanol–water partition coefficient (Wildman–Crippen LogP) is 2.19. The van der Waals surface area contributed by atoms with Crippen LogP contribution in [0.5, 0.6) is 0 Å². The summed E-state index contributed by atoms with van der Waals surface area (Å²) in [6.45, 7) is 6.52. The van der Waals surface area contributed by atoms with Crippen LogP contribution in [0.15, 0.2) is 39.6 Å². The van der Waals surface area contributed by atoms with E-state index in [0.29, 0.717) is 0 Å². The molecule has 10 heteroatoms. The summed E-state index contributed by atoms with van der Waals surface area (Å²) < 4.78 is 16.4. The van der Waals surface area contributed by atoms with Crippen molar-refractivity contribution < 1.29 is 33.5 Å². The zero-order valence-corrected chi connectivity index (χ0v) is 17.8. The van der Waals surface area contributed by atoms with Crippen LogP contribution in [0, 0.1) is 0 Å². The van der Waals surface area contributed by atoms with E-state index < -0.39 is 47.4 Å². The molecule has 2 N–H and O–H groups in total. The molecule has 2 aromatic rings. The van der Waals surface area contributed by atoms with Gasteiger partial charge < -0.3 is 24.4 Å². The van der Waals surface area contributed by atoms with Gasteiger partial charge in [0.25, 0.3) is 5.56 Å². The molecule has 0 saturated carbocycles. The number of hydrogen-bond donors (Lipinski definition) is 2.